The van der Waals surface area contributed by atoms with Crippen LogP contribution in [-0.2, 0) is 9.59 Å². The number of rotatable bonds is 3. The summed E-state index contributed by atoms with van der Waals surface area (Å²) in [5, 5.41) is 20.7. The van der Waals surface area contributed by atoms with Crippen LogP contribution in [0.4, 0.5) is 0 Å². The molecular weight excluding hydrogens is 188 g/mol. The van der Waals surface area contributed by atoms with Crippen molar-refractivity contribution < 1.29 is 24.3 Å². The monoisotopic (exact) mass is 205 g/mol. The minimum absolute atomic E-state index is 0.158. The van der Waals surface area contributed by atoms with E-state index in [0.29, 0.717) is 0 Å². The maximum Gasteiger partial charge on any atom is 0.345 e. The number of hydrogen-bond donors (Lipinski definition) is 3. The minimum Gasteiger partial charge on any atom is -0.380 e. The second kappa shape index (κ2) is 4.50. The van der Waals surface area contributed by atoms with Crippen LogP contribution in [0.2, 0.25) is 0 Å². The molecule has 0 aliphatic carbocycles. The van der Waals surface area contributed by atoms with Crippen molar-refractivity contribution in [3.63, 3.8) is 0 Å². The molecule has 0 fully saturated rings. The molecule has 2 amide bonds. The summed E-state index contributed by atoms with van der Waals surface area (Å²) in [7, 11) is 5.95. The van der Waals surface area contributed by atoms with Gasteiger partial charge in [0.1, 0.15) is 0 Å². The molecule has 6 heteroatoms. The predicted octanol–water partition coefficient (Wildman–Crippen LogP) is -2.31. The van der Waals surface area contributed by atoms with Gasteiger partial charge in [-0.1, -0.05) is 0 Å². The van der Waals surface area contributed by atoms with Gasteiger partial charge >= 0.3 is 5.91 Å². The molecule has 0 aromatic carbocycles. The Labute approximate surface area is 82.7 Å². The largest absolute Gasteiger partial charge is 0.380 e. The highest BCUT2D eigenvalue weighted by atomic mass is 16.3. The number of carbonyl (C=O) groups is 2. The van der Waals surface area contributed by atoms with E-state index < -0.39 is 24.0 Å². The predicted molar refractivity (Wildman–Crippen MR) is 49.1 cm³/mol. The number of nitrogens with one attached hydrogen (secondary N) is 1. The Morgan fingerprint density at radius 3 is 1.86 bits per heavy atom. The molecule has 0 aromatic rings. The quantitative estimate of drug-likeness (QED) is 0.452. The van der Waals surface area contributed by atoms with E-state index in [9.17, 15) is 19.8 Å². The van der Waals surface area contributed by atoms with Gasteiger partial charge in [-0.15, -0.1) is 0 Å². The van der Waals surface area contributed by atoms with E-state index in [4.69, 9.17) is 0 Å². The topological polar surface area (TPSA) is 86.6 Å². The molecule has 2 unspecified atom stereocenters. The van der Waals surface area contributed by atoms with Crippen LogP contribution in [0, 0.1) is 0 Å². The van der Waals surface area contributed by atoms with Crippen molar-refractivity contribution in [2.45, 2.75) is 12.2 Å². The molecule has 2 atom stereocenters. The highest BCUT2D eigenvalue weighted by Gasteiger charge is 2.37. The molecule has 14 heavy (non-hydrogen) atoms. The SMILES string of the molecule is CNC(=O)C(O)C(O)C(=O)[N+](C)(C)C. The smallest absolute Gasteiger partial charge is 0.345 e. The van der Waals surface area contributed by atoms with Crippen LogP contribution in [0.3, 0.4) is 0 Å². The Morgan fingerprint density at radius 1 is 1.14 bits per heavy atom. The number of quaternary nitrogens is 1. The van der Waals surface area contributed by atoms with Gasteiger partial charge in [0.15, 0.2) is 6.10 Å². The van der Waals surface area contributed by atoms with Crippen LogP contribution in [-0.4, -0.2) is 66.9 Å². The Bertz CT molecular complexity index is 234. The van der Waals surface area contributed by atoms with Crippen molar-refractivity contribution in [1.29, 1.82) is 0 Å². The van der Waals surface area contributed by atoms with Crippen LogP contribution in [0.1, 0.15) is 0 Å². The summed E-state index contributed by atoms with van der Waals surface area (Å²) >= 11 is 0. The van der Waals surface area contributed by atoms with Crippen LogP contribution in [0.15, 0.2) is 0 Å². The molecule has 0 aliphatic heterocycles. The van der Waals surface area contributed by atoms with Crippen LogP contribution in [0.25, 0.3) is 0 Å². The molecule has 0 spiro atoms. The van der Waals surface area contributed by atoms with Crippen molar-refractivity contribution in [3.8, 4) is 0 Å². The van der Waals surface area contributed by atoms with Gasteiger partial charge in [-0.2, -0.15) is 0 Å². The number of aliphatic hydroxyl groups excluding tert-OH is 2. The van der Waals surface area contributed by atoms with Crippen LogP contribution >= 0.6 is 0 Å². The fourth-order valence-electron chi connectivity index (χ4n) is 0.823. The zero-order valence-corrected chi connectivity index (χ0v) is 8.81. The zero-order valence-electron chi connectivity index (χ0n) is 8.81. The fraction of sp³-hybridized carbons (Fsp3) is 0.750. The van der Waals surface area contributed by atoms with Gasteiger partial charge in [-0.05, 0) is 0 Å². The standard InChI is InChI=1S/C8H16N2O4/c1-9-7(13)5(11)6(12)8(14)10(2,3)4/h5-6,11-12H,1-4H3/p+1. The van der Waals surface area contributed by atoms with Gasteiger partial charge in [0.2, 0.25) is 6.10 Å². The molecule has 0 aliphatic rings. The summed E-state index contributed by atoms with van der Waals surface area (Å²) in [6.45, 7) is 0. The summed E-state index contributed by atoms with van der Waals surface area (Å²) in [4.78, 5) is 22.3. The average molecular weight is 205 g/mol. The molecule has 0 heterocycles. The number of aliphatic hydroxyl groups is 2. The van der Waals surface area contributed by atoms with Crippen LogP contribution < -0.4 is 5.32 Å². The number of amides is 2. The molecule has 82 valence electrons. The van der Waals surface area contributed by atoms with Crippen molar-refractivity contribution in [2.75, 3.05) is 28.2 Å². The third kappa shape index (κ3) is 3.06. The second-order valence-corrected chi connectivity index (χ2v) is 3.85. The number of hydrogen-bond acceptors (Lipinski definition) is 4. The van der Waals surface area contributed by atoms with Gasteiger partial charge in [0.25, 0.3) is 5.91 Å². The van der Waals surface area contributed by atoms with Crippen LogP contribution in [0.5, 0.6) is 0 Å². The van der Waals surface area contributed by atoms with Gasteiger partial charge in [0.05, 0.1) is 21.1 Å². The zero-order chi connectivity index (χ0) is 11.5. The third-order valence-corrected chi connectivity index (χ3v) is 1.73. The molecule has 0 rings (SSSR count). The van der Waals surface area contributed by atoms with Gasteiger partial charge in [-0.25, -0.2) is 4.79 Å². The van der Waals surface area contributed by atoms with E-state index in [2.05, 4.69) is 5.32 Å². The van der Waals surface area contributed by atoms with E-state index in [1.54, 1.807) is 21.1 Å². The van der Waals surface area contributed by atoms with Gasteiger partial charge in [-0.3, -0.25) is 9.28 Å². The molecule has 0 saturated carbocycles. The fourth-order valence-corrected chi connectivity index (χ4v) is 0.823. The number of nitrogens with zero attached hydrogens (tertiary/aromatic N) is 1. The van der Waals surface area contributed by atoms with Crippen molar-refractivity contribution in [1.82, 2.24) is 5.32 Å². The maximum absolute atomic E-state index is 11.4. The first-order valence-electron chi connectivity index (χ1n) is 4.15. The maximum atomic E-state index is 11.4. The summed E-state index contributed by atoms with van der Waals surface area (Å²) in [5.74, 6) is -1.40. The summed E-state index contributed by atoms with van der Waals surface area (Å²) in [6.07, 6.45) is -3.42. The van der Waals surface area contributed by atoms with Crippen molar-refractivity contribution in [3.05, 3.63) is 0 Å². The summed E-state index contributed by atoms with van der Waals surface area (Å²) < 4.78 is -0.158. The first-order chi connectivity index (χ1) is 6.21. The van der Waals surface area contributed by atoms with E-state index in [-0.39, 0.29) is 4.48 Å². The molecule has 0 aromatic heterocycles. The Balaban J connectivity index is 4.55. The molecule has 0 bridgehead atoms. The average Bonchev–Trinajstić information content (AvgIpc) is 2.11. The number of carbonyl (C=O) groups excluding carboxylic acids is 2. The lowest BCUT2D eigenvalue weighted by Crippen LogP contribution is -2.54. The Hall–Kier alpha value is -0.980. The van der Waals surface area contributed by atoms with E-state index >= 15 is 0 Å². The van der Waals surface area contributed by atoms with Crippen molar-refractivity contribution in [2.24, 2.45) is 0 Å². The van der Waals surface area contributed by atoms with E-state index in [1.807, 2.05) is 0 Å². The minimum atomic E-state index is -1.72. The Kier molecular flexibility index (Phi) is 4.18. The summed E-state index contributed by atoms with van der Waals surface area (Å²) in [6, 6.07) is 0. The molecular formula is C8H17N2O4+. The molecule has 3 N–H and O–H groups in total. The highest BCUT2D eigenvalue weighted by Crippen LogP contribution is 2.02. The van der Waals surface area contributed by atoms with Crippen molar-refractivity contribution >= 4 is 11.8 Å². The normalized spacial score (nSPS) is 15.9. The lowest BCUT2D eigenvalue weighted by atomic mass is 10.1. The lowest BCUT2D eigenvalue weighted by molar-refractivity contribution is -0.794. The first kappa shape index (κ1) is 13.0. The van der Waals surface area contributed by atoms with E-state index in [0.717, 1.165) is 0 Å². The third-order valence-electron chi connectivity index (χ3n) is 1.73. The first-order valence-corrected chi connectivity index (χ1v) is 4.15. The van der Waals surface area contributed by atoms with E-state index in [1.165, 1.54) is 7.05 Å². The Morgan fingerprint density at radius 2 is 1.57 bits per heavy atom. The summed E-state index contributed by atoms with van der Waals surface area (Å²) in [5.41, 5.74) is 0. The molecule has 0 saturated heterocycles. The molecule has 6 nitrogen and oxygen atoms in total. The highest BCUT2D eigenvalue weighted by molar-refractivity contribution is 5.87. The lowest BCUT2D eigenvalue weighted by Gasteiger charge is -2.25. The second-order valence-electron chi connectivity index (χ2n) is 3.85. The molecule has 0 radical (unpaired) electrons. The number of likely N-dealkylation sites (N-methyl/N-ethyl adjacent to an activating group) is 2. The van der Waals surface area contributed by atoms with Gasteiger partial charge < -0.3 is 15.5 Å². The van der Waals surface area contributed by atoms with Gasteiger partial charge in [0, 0.05) is 7.05 Å².